The highest BCUT2D eigenvalue weighted by molar-refractivity contribution is 9.10. The summed E-state index contributed by atoms with van der Waals surface area (Å²) in [5.41, 5.74) is -0.356. The molecule has 20 heavy (non-hydrogen) atoms. The van der Waals surface area contributed by atoms with Crippen LogP contribution in [0.3, 0.4) is 0 Å². The largest absolute Gasteiger partial charge is 0.277 e. The van der Waals surface area contributed by atoms with Crippen LogP contribution in [0.4, 0.5) is 14.5 Å². The quantitative estimate of drug-likeness (QED) is 0.865. The molecule has 8 heteroatoms. The first-order valence-electron chi connectivity index (χ1n) is 5.22. The van der Waals surface area contributed by atoms with E-state index in [1.807, 2.05) is 4.72 Å². The third-order valence-electron chi connectivity index (χ3n) is 2.36. The van der Waals surface area contributed by atoms with Crippen molar-refractivity contribution in [2.75, 3.05) is 4.72 Å². The molecule has 0 bridgehead atoms. The van der Waals surface area contributed by atoms with Crippen LogP contribution in [0.15, 0.2) is 45.8 Å². The SMILES string of the molecule is O=S(=O)(Nc1ccc(F)cc1F)c1ccc(Br)cc1Cl. The van der Waals surface area contributed by atoms with E-state index in [0.717, 1.165) is 12.1 Å². The van der Waals surface area contributed by atoms with Gasteiger partial charge < -0.3 is 0 Å². The van der Waals surface area contributed by atoms with E-state index in [0.29, 0.717) is 10.5 Å². The number of rotatable bonds is 3. The molecule has 0 aromatic heterocycles. The molecule has 1 N–H and O–H groups in total. The first-order valence-corrected chi connectivity index (χ1v) is 7.88. The number of benzene rings is 2. The van der Waals surface area contributed by atoms with Gasteiger partial charge in [0.15, 0.2) is 0 Å². The molecule has 106 valence electrons. The van der Waals surface area contributed by atoms with E-state index in [2.05, 4.69) is 15.9 Å². The van der Waals surface area contributed by atoms with Crippen LogP contribution in [0.1, 0.15) is 0 Å². The van der Waals surface area contributed by atoms with Crippen molar-refractivity contribution in [3.05, 3.63) is 57.5 Å². The monoisotopic (exact) mass is 381 g/mol. The lowest BCUT2D eigenvalue weighted by molar-refractivity contribution is 0.583. The molecule has 0 fully saturated rings. The van der Waals surface area contributed by atoms with Crippen LogP contribution in [0.2, 0.25) is 5.02 Å². The maximum absolute atomic E-state index is 13.5. The lowest BCUT2D eigenvalue weighted by atomic mass is 10.3. The van der Waals surface area contributed by atoms with E-state index >= 15 is 0 Å². The molecule has 0 saturated heterocycles. The van der Waals surface area contributed by atoms with E-state index in [9.17, 15) is 17.2 Å². The normalized spacial score (nSPS) is 11.4. The van der Waals surface area contributed by atoms with Gasteiger partial charge in [-0.2, -0.15) is 0 Å². The Balaban J connectivity index is 2.41. The third kappa shape index (κ3) is 3.28. The van der Waals surface area contributed by atoms with Crippen LogP contribution < -0.4 is 4.72 Å². The van der Waals surface area contributed by atoms with Gasteiger partial charge in [0.1, 0.15) is 16.5 Å². The van der Waals surface area contributed by atoms with Crippen molar-refractivity contribution in [3.8, 4) is 0 Å². The summed E-state index contributed by atoms with van der Waals surface area (Å²) in [5.74, 6) is -1.81. The topological polar surface area (TPSA) is 46.2 Å². The summed E-state index contributed by atoms with van der Waals surface area (Å²) in [6.45, 7) is 0. The minimum Gasteiger partial charge on any atom is -0.277 e. The second-order valence-corrected chi connectivity index (χ2v) is 6.78. The van der Waals surface area contributed by atoms with Gasteiger partial charge in [-0.15, -0.1) is 0 Å². The summed E-state index contributed by atoms with van der Waals surface area (Å²) in [6, 6.07) is 6.69. The van der Waals surface area contributed by atoms with Gasteiger partial charge in [0.25, 0.3) is 10.0 Å². The number of hydrogen-bond donors (Lipinski definition) is 1. The van der Waals surface area contributed by atoms with Crippen LogP contribution in [0, 0.1) is 11.6 Å². The van der Waals surface area contributed by atoms with E-state index in [1.54, 1.807) is 0 Å². The van der Waals surface area contributed by atoms with Gasteiger partial charge in [-0.1, -0.05) is 27.5 Å². The Morgan fingerprint density at radius 3 is 2.40 bits per heavy atom. The molecule has 2 rings (SSSR count). The van der Waals surface area contributed by atoms with Crippen molar-refractivity contribution in [2.45, 2.75) is 4.90 Å². The van der Waals surface area contributed by atoms with Gasteiger partial charge >= 0.3 is 0 Å². The molecule has 0 heterocycles. The van der Waals surface area contributed by atoms with E-state index in [4.69, 9.17) is 11.6 Å². The van der Waals surface area contributed by atoms with Crippen LogP contribution in [0.5, 0.6) is 0 Å². The zero-order valence-electron chi connectivity index (χ0n) is 9.70. The van der Waals surface area contributed by atoms with Crippen molar-refractivity contribution in [1.29, 1.82) is 0 Å². The zero-order chi connectivity index (χ0) is 14.9. The smallest absolute Gasteiger partial charge is 0.263 e. The molecule has 0 radical (unpaired) electrons. The molecular weight excluding hydrogens is 376 g/mol. The van der Waals surface area contributed by atoms with Crippen LogP contribution >= 0.6 is 27.5 Å². The van der Waals surface area contributed by atoms with Crippen molar-refractivity contribution >= 4 is 43.2 Å². The van der Waals surface area contributed by atoms with Crippen molar-refractivity contribution in [2.24, 2.45) is 0 Å². The Labute approximate surface area is 127 Å². The minimum atomic E-state index is -4.06. The molecular formula is C12H7BrClF2NO2S. The van der Waals surface area contributed by atoms with Gasteiger partial charge in [0.2, 0.25) is 0 Å². The molecule has 2 aromatic rings. The lowest BCUT2D eigenvalue weighted by Crippen LogP contribution is -2.14. The lowest BCUT2D eigenvalue weighted by Gasteiger charge is -2.10. The standard InChI is InChI=1S/C12H7BrClF2NO2S/c13-7-1-4-12(9(14)5-7)20(18,19)17-11-3-2-8(15)6-10(11)16/h1-6,17H. The number of anilines is 1. The maximum atomic E-state index is 13.5. The van der Waals surface area contributed by atoms with Gasteiger partial charge in [-0.05, 0) is 30.3 Å². The van der Waals surface area contributed by atoms with Crippen LogP contribution in [-0.2, 0) is 10.0 Å². The summed E-state index contributed by atoms with van der Waals surface area (Å²) in [6.07, 6.45) is 0. The average molecular weight is 383 g/mol. The second-order valence-electron chi connectivity index (χ2n) is 3.80. The highest BCUT2D eigenvalue weighted by atomic mass is 79.9. The summed E-state index contributed by atoms with van der Waals surface area (Å²) in [7, 11) is -4.06. The Morgan fingerprint density at radius 1 is 1.10 bits per heavy atom. The van der Waals surface area contributed by atoms with E-state index in [1.165, 1.54) is 18.2 Å². The van der Waals surface area contributed by atoms with Gasteiger partial charge in [-0.3, -0.25) is 4.72 Å². The molecule has 0 aliphatic heterocycles. The molecule has 0 saturated carbocycles. The second kappa shape index (κ2) is 5.67. The highest BCUT2D eigenvalue weighted by Crippen LogP contribution is 2.27. The van der Waals surface area contributed by atoms with E-state index in [-0.39, 0.29) is 15.6 Å². The fourth-order valence-electron chi connectivity index (χ4n) is 1.47. The fraction of sp³-hybridized carbons (Fsp3) is 0. The predicted molar refractivity (Wildman–Crippen MR) is 76.3 cm³/mol. The average Bonchev–Trinajstić information content (AvgIpc) is 2.32. The third-order valence-corrected chi connectivity index (χ3v) is 4.70. The Hall–Kier alpha value is -1.18. The first-order chi connectivity index (χ1) is 9.29. The Kier molecular flexibility index (Phi) is 4.31. The molecule has 3 nitrogen and oxygen atoms in total. The molecule has 0 aliphatic carbocycles. The van der Waals surface area contributed by atoms with Gasteiger partial charge in [-0.25, -0.2) is 17.2 Å². The molecule has 0 aliphatic rings. The highest BCUT2D eigenvalue weighted by Gasteiger charge is 2.19. The number of hydrogen-bond acceptors (Lipinski definition) is 2. The summed E-state index contributed by atoms with van der Waals surface area (Å²) in [4.78, 5) is -0.203. The fourth-order valence-corrected chi connectivity index (χ4v) is 3.57. The summed E-state index contributed by atoms with van der Waals surface area (Å²) < 4.78 is 53.0. The Morgan fingerprint density at radius 2 is 1.80 bits per heavy atom. The Bertz CT molecular complexity index is 768. The zero-order valence-corrected chi connectivity index (χ0v) is 12.9. The van der Waals surface area contributed by atoms with E-state index < -0.39 is 21.7 Å². The molecule has 0 atom stereocenters. The maximum Gasteiger partial charge on any atom is 0.263 e. The molecule has 0 unspecified atom stereocenters. The van der Waals surface area contributed by atoms with Crippen molar-refractivity contribution in [3.63, 3.8) is 0 Å². The molecule has 0 amide bonds. The van der Waals surface area contributed by atoms with Crippen LogP contribution in [0.25, 0.3) is 0 Å². The summed E-state index contributed by atoms with van der Waals surface area (Å²) in [5, 5.41) is -0.0191. The first kappa shape index (κ1) is 15.2. The van der Waals surface area contributed by atoms with Crippen molar-refractivity contribution < 1.29 is 17.2 Å². The minimum absolute atomic E-state index is 0.0191. The molecule has 2 aromatic carbocycles. The molecule has 0 spiro atoms. The summed E-state index contributed by atoms with van der Waals surface area (Å²) >= 11 is 8.99. The number of sulfonamides is 1. The number of nitrogens with one attached hydrogen (secondary N) is 1. The van der Waals surface area contributed by atoms with Crippen LogP contribution in [-0.4, -0.2) is 8.42 Å². The van der Waals surface area contributed by atoms with Gasteiger partial charge in [0.05, 0.1) is 10.7 Å². The number of halogens is 4. The predicted octanol–water partition coefficient (Wildman–Crippen LogP) is 4.18. The van der Waals surface area contributed by atoms with Crippen molar-refractivity contribution in [1.82, 2.24) is 0 Å². The van der Waals surface area contributed by atoms with Gasteiger partial charge in [0, 0.05) is 10.5 Å².